The smallest absolute Gasteiger partial charge is 0.243 e. The Morgan fingerprint density at radius 3 is 2.91 bits per heavy atom. The molecule has 0 fully saturated rings. The molecule has 2 heterocycles. The fourth-order valence-electron chi connectivity index (χ4n) is 2.73. The fourth-order valence-corrected chi connectivity index (χ4v) is 3.87. The summed E-state index contributed by atoms with van der Waals surface area (Å²) in [7, 11) is -3.93. The van der Waals surface area contributed by atoms with E-state index in [1.807, 2.05) is 4.57 Å². The van der Waals surface area contributed by atoms with Crippen LogP contribution in [0.1, 0.15) is 36.5 Å². The van der Waals surface area contributed by atoms with Gasteiger partial charge in [0.25, 0.3) is 0 Å². The molecule has 0 spiro atoms. The summed E-state index contributed by atoms with van der Waals surface area (Å²) in [4.78, 5) is -0.340. The summed E-state index contributed by atoms with van der Waals surface area (Å²) in [5.74, 6) is 0.695. The Bertz CT molecular complexity index is 817. The van der Waals surface area contributed by atoms with Gasteiger partial charge in [-0.1, -0.05) is 12.5 Å². The van der Waals surface area contributed by atoms with E-state index < -0.39 is 15.8 Å². The lowest BCUT2D eigenvalue weighted by molar-refractivity contribution is 0.549. The Morgan fingerprint density at radius 2 is 2.09 bits per heavy atom. The molecule has 0 saturated carbocycles. The predicted octanol–water partition coefficient (Wildman–Crippen LogP) is 1.93. The zero-order chi connectivity index (χ0) is 16.4. The number of hydrogen-bond acceptors (Lipinski definition) is 4. The Morgan fingerprint density at radius 1 is 1.26 bits per heavy atom. The maximum Gasteiger partial charge on any atom is 0.243 e. The lowest BCUT2D eigenvalue weighted by Crippen LogP contribution is -2.26. The summed E-state index contributed by atoms with van der Waals surface area (Å²) < 4.78 is 42.8. The molecule has 23 heavy (non-hydrogen) atoms. The normalized spacial score (nSPS) is 15.2. The molecule has 1 aliphatic rings. The van der Waals surface area contributed by atoms with Crippen LogP contribution in [0.4, 0.5) is 4.39 Å². The van der Waals surface area contributed by atoms with E-state index in [0.29, 0.717) is 11.4 Å². The van der Waals surface area contributed by atoms with Crippen LogP contribution in [0.3, 0.4) is 0 Å². The van der Waals surface area contributed by atoms with Gasteiger partial charge in [0.2, 0.25) is 10.0 Å². The molecule has 3 rings (SSSR count). The van der Waals surface area contributed by atoms with Crippen LogP contribution < -0.4 is 4.72 Å². The van der Waals surface area contributed by atoms with Gasteiger partial charge in [-0.05, 0) is 37.5 Å². The molecule has 1 aromatic carbocycles. The second kappa shape index (κ2) is 6.37. The van der Waals surface area contributed by atoms with E-state index in [9.17, 15) is 12.8 Å². The topological polar surface area (TPSA) is 76.9 Å². The van der Waals surface area contributed by atoms with Gasteiger partial charge < -0.3 is 4.57 Å². The monoisotopic (exact) mass is 338 g/mol. The highest BCUT2D eigenvalue weighted by atomic mass is 32.2. The number of sulfonamides is 1. The van der Waals surface area contributed by atoms with Crippen molar-refractivity contribution in [2.75, 3.05) is 0 Å². The number of fused-ring (bicyclic) bond motifs is 1. The van der Waals surface area contributed by atoms with Crippen LogP contribution in [0.5, 0.6) is 0 Å². The van der Waals surface area contributed by atoms with Gasteiger partial charge in [-0.3, -0.25) is 0 Å². The molecular formula is C15H19FN4O2S. The largest absolute Gasteiger partial charge is 0.314 e. The van der Waals surface area contributed by atoms with Gasteiger partial charge in [-0.25, -0.2) is 17.5 Å². The summed E-state index contributed by atoms with van der Waals surface area (Å²) in [6.45, 7) is 2.51. The first-order valence-electron chi connectivity index (χ1n) is 7.64. The van der Waals surface area contributed by atoms with Crippen molar-refractivity contribution in [3.05, 3.63) is 41.2 Å². The minimum atomic E-state index is -3.93. The lowest BCUT2D eigenvalue weighted by atomic mass is 10.2. The summed E-state index contributed by atoms with van der Waals surface area (Å²) in [5, 5.41) is 8.19. The highest BCUT2D eigenvalue weighted by Crippen LogP contribution is 2.17. The third-order valence-electron chi connectivity index (χ3n) is 3.98. The second-order valence-corrected chi connectivity index (χ2v) is 7.49. The standard InChI is InChI=1S/C15H19FN4O2S/c1-11-6-7-12(16)13(9-11)23(21,22)17-10-15-19-18-14-5-3-2-4-8-20(14)15/h6-7,9,17H,2-5,8,10H2,1H3. The van der Waals surface area contributed by atoms with Gasteiger partial charge in [-0.2, -0.15) is 0 Å². The maximum atomic E-state index is 13.8. The minimum Gasteiger partial charge on any atom is -0.314 e. The number of halogens is 1. The molecule has 2 aromatic rings. The number of benzene rings is 1. The zero-order valence-electron chi connectivity index (χ0n) is 12.9. The molecule has 0 atom stereocenters. The highest BCUT2D eigenvalue weighted by Gasteiger charge is 2.21. The Hall–Kier alpha value is -1.80. The number of hydrogen-bond donors (Lipinski definition) is 1. The molecule has 0 aliphatic carbocycles. The molecule has 0 radical (unpaired) electrons. The quantitative estimate of drug-likeness (QED) is 0.924. The van der Waals surface area contributed by atoms with E-state index in [1.165, 1.54) is 12.1 Å². The van der Waals surface area contributed by atoms with Crippen LogP contribution in [0.15, 0.2) is 23.1 Å². The van der Waals surface area contributed by atoms with Crippen molar-refractivity contribution < 1.29 is 12.8 Å². The molecule has 124 valence electrons. The van der Waals surface area contributed by atoms with Crippen LogP contribution in [0.2, 0.25) is 0 Å². The molecule has 0 bridgehead atoms. The van der Waals surface area contributed by atoms with Gasteiger partial charge in [-0.15, -0.1) is 10.2 Å². The third-order valence-corrected chi connectivity index (χ3v) is 5.40. The first kappa shape index (κ1) is 16.1. The minimum absolute atomic E-state index is 0.00269. The van der Waals surface area contributed by atoms with Crippen LogP contribution in [-0.4, -0.2) is 23.2 Å². The van der Waals surface area contributed by atoms with Crippen molar-refractivity contribution in [2.24, 2.45) is 0 Å². The first-order chi connectivity index (χ1) is 11.0. The molecule has 6 nitrogen and oxygen atoms in total. The van der Waals surface area contributed by atoms with Crippen molar-refractivity contribution in [3.63, 3.8) is 0 Å². The van der Waals surface area contributed by atoms with Gasteiger partial charge in [0.15, 0.2) is 0 Å². The number of aromatic nitrogens is 3. The number of nitrogens with zero attached hydrogens (tertiary/aromatic N) is 3. The predicted molar refractivity (Wildman–Crippen MR) is 82.7 cm³/mol. The van der Waals surface area contributed by atoms with Crippen molar-refractivity contribution in [1.82, 2.24) is 19.5 Å². The average Bonchev–Trinajstić information content (AvgIpc) is 2.74. The molecule has 0 unspecified atom stereocenters. The average molecular weight is 338 g/mol. The van der Waals surface area contributed by atoms with Crippen molar-refractivity contribution >= 4 is 10.0 Å². The van der Waals surface area contributed by atoms with Crippen molar-refractivity contribution in [2.45, 2.75) is 50.6 Å². The Labute approximate surface area is 134 Å². The highest BCUT2D eigenvalue weighted by molar-refractivity contribution is 7.89. The number of rotatable bonds is 4. The maximum absolute atomic E-state index is 13.8. The van der Waals surface area contributed by atoms with Crippen molar-refractivity contribution in [1.29, 1.82) is 0 Å². The van der Waals surface area contributed by atoms with Gasteiger partial charge in [0.1, 0.15) is 22.4 Å². The summed E-state index contributed by atoms with van der Waals surface area (Å²) in [5.41, 5.74) is 0.683. The van der Waals surface area contributed by atoms with Gasteiger partial charge >= 0.3 is 0 Å². The molecular weight excluding hydrogens is 319 g/mol. The van der Waals surface area contributed by atoms with E-state index >= 15 is 0 Å². The third kappa shape index (κ3) is 3.42. The summed E-state index contributed by atoms with van der Waals surface area (Å²) in [6, 6.07) is 4.02. The van der Waals surface area contributed by atoms with Crippen LogP contribution in [0.25, 0.3) is 0 Å². The van der Waals surface area contributed by atoms with E-state index in [2.05, 4.69) is 14.9 Å². The van der Waals surface area contributed by atoms with Crippen LogP contribution in [0, 0.1) is 12.7 Å². The molecule has 0 saturated heterocycles. The van der Waals surface area contributed by atoms with Gasteiger partial charge in [0.05, 0.1) is 6.54 Å². The molecule has 8 heteroatoms. The van der Waals surface area contributed by atoms with Crippen molar-refractivity contribution in [3.8, 4) is 0 Å². The molecule has 1 aromatic heterocycles. The Balaban J connectivity index is 1.80. The summed E-state index contributed by atoms with van der Waals surface area (Å²) >= 11 is 0. The molecule has 1 N–H and O–H groups in total. The zero-order valence-corrected chi connectivity index (χ0v) is 13.7. The van der Waals surface area contributed by atoms with E-state index in [1.54, 1.807) is 6.92 Å². The van der Waals surface area contributed by atoms with Gasteiger partial charge in [0, 0.05) is 13.0 Å². The number of nitrogens with one attached hydrogen (secondary N) is 1. The van der Waals surface area contributed by atoms with E-state index in [0.717, 1.165) is 44.1 Å². The molecule has 0 amide bonds. The van der Waals surface area contributed by atoms with E-state index in [-0.39, 0.29) is 11.4 Å². The second-order valence-electron chi connectivity index (χ2n) is 5.75. The first-order valence-corrected chi connectivity index (χ1v) is 9.12. The molecule has 1 aliphatic heterocycles. The summed E-state index contributed by atoms with van der Waals surface area (Å²) in [6.07, 6.45) is 4.07. The number of aryl methyl sites for hydroxylation is 2. The van der Waals surface area contributed by atoms with Crippen LogP contribution in [-0.2, 0) is 29.5 Å². The van der Waals surface area contributed by atoms with Crippen LogP contribution >= 0.6 is 0 Å². The lowest BCUT2D eigenvalue weighted by Gasteiger charge is -2.10. The SMILES string of the molecule is Cc1ccc(F)c(S(=O)(=O)NCc2nnc3n2CCCCC3)c1. The fraction of sp³-hybridized carbons (Fsp3) is 0.467. The Kier molecular flexibility index (Phi) is 4.45. The van der Waals surface area contributed by atoms with E-state index in [4.69, 9.17) is 0 Å².